The van der Waals surface area contributed by atoms with Crippen LogP contribution in [0.25, 0.3) is 0 Å². The van der Waals surface area contributed by atoms with Gasteiger partial charge in [-0.2, -0.15) is 5.26 Å². The lowest BCUT2D eigenvalue weighted by atomic mass is 10.1. The number of nitrogens with zero attached hydrogens (tertiary/aromatic N) is 1. The Hall–Kier alpha value is -1.90. The summed E-state index contributed by atoms with van der Waals surface area (Å²) < 4.78 is 4.74. The van der Waals surface area contributed by atoms with Gasteiger partial charge >= 0.3 is 5.97 Å². The van der Waals surface area contributed by atoms with Crippen LogP contribution in [0.4, 0.5) is 0 Å². The maximum absolute atomic E-state index is 11.0. The Morgan fingerprint density at radius 2 is 2.17 bits per heavy atom. The number of nitrogens with one attached hydrogen (secondary N) is 1. The van der Waals surface area contributed by atoms with E-state index in [1.54, 1.807) is 31.2 Å². The molecule has 0 fully saturated rings. The molecule has 5 heteroatoms. The van der Waals surface area contributed by atoms with Crippen molar-refractivity contribution >= 4 is 5.97 Å². The van der Waals surface area contributed by atoms with Crippen molar-refractivity contribution in [2.45, 2.75) is 13.0 Å². The van der Waals surface area contributed by atoms with E-state index >= 15 is 0 Å². The van der Waals surface area contributed by atoms with E-state index in [4.69, 9.17) is 10.00 Å². The van der Waals surface area contributed by atoms with Crippen LogP contribution in [0.2, 0.25) is 0 Å². The third kappa shape index (κ3) is 4.53. The Labute approximate surface area is 106 Å². The molecular weight excluding hydrogens is 232 g/mol. The van der Waals surface area contributed by atoms with Gasteiger partial charge in [0.1, 0.15) is 0 Å². The number of ether oxygens (including phenoxy) is 1. The smallest absolute Gasteiger partial charge is 0.319 e. The number of hydrogen-bond acceptors (Lipinski definition) is 5. The molecular formula is C13H16N2O3. The van der Waals surface area contributed by atoms with Crippen LogP contribution in [0.1, 0.15) is 24.2 Å². The summed E-state index contributed by atoms with van der Waals surface area (Å²) in [7, 11) is 0. The van der Waals surface area contributed by atoms with Gasteiger partial charge in [-0.3, -0.25) is 4.79 Å². The summed E-state index contributed by atoms with van der Waals surface area (Å²) in [5, 5.41) is 21.3. The van der Waals surface area contributed by atoms with Gasteiger partial charge in [0, 0.05) is 6.54 Å². The zero-order valence-electron chi connectivity index (χ0n) is 10.2. The first kappa shape index (κ1) is 14.2. The fourth-order valence-electron chi connectivity index (χ4n) is 1.42. The van der Waals surface area contributed by atoms with Crippen LogP contribution in [-0.2, 0) is 9.53 Å². The highest BCUT2D eigenvalue weighted by atomic mass is 16.5. The van der Waals surface area contributed by atoms with Crippen molar-refractivity contribution in [3.8, 4) is 6.07 Å². The number of benzene rings is 1. The Bertz CT molecular complexity index is 423. The minimum absolute atomic E-state index is 0.0706. The first-order chi connectivity index (χ1) is 8.67. The molecule has 0 amide bonds. The van der Waals surface area contributed by atoms with Crippen molar-refractivity contribution in [3.05, 3.63) is 35.4 Å². The Kier molecular flexibility index (Phi) is 5.85. The number of rotatable bonds is 6. The Morgan fingerprint density at radius 1 is 1.50 bits per heavy atom. The van der Waals surface area contributed by atoms with Gasteiger partial charge in [-0.1, -0.05) is 12.1 Å². The molecule has 0 aliphatic rings. The van der Waals surface area contributed by atoms with Crippen LogP contribution in [0.5, 0.6) is 0 Å². The molecule has 96 valence electrons. The quantitative estimate of drug-likeness (QED) is 0.726. The van der Waals surface area contributed by atoms with Crippen LogP contribution in [-0.4, -0.2) is 30.8 Å². The van der Waals surface area contributed by atoms with Crippen molar-refractivity contribution < 1.29 is 14.6 Å². The molecule has 0 aliphatic heterocycles. The lowest BCUT2D eigenvalue weighted by Gasteiger charge is -2.11. The van der Waals surface area contributed by atoms with Gasteiger partial charge in [-0.25, -0.2) is 0 Å². The summed E-state index contributed by atoms with van der Waals surface area (Å²) in [6, 6.07) is 8.67. The zero-order valence-corrected chi connectivity index (χ0v) is 10.2. The summed E-state index contributed by atoms with van der Waals surface area (Å²) in [5.41, 5.74) is 1.25. The second-order valence-electron chi connectivity index (χ2n) is 3.69. The molecule has 1 atom stereocenters. The van der Waals surface area contributed by atoms with E-state index in [2.05, 4.69) is 5.32 Å². The van der Waals surface area contributed by atoms with Crippen LogP contribution in [0.3, 0.4) is 0 Å². The average molecular weight is 248 g/mol. The third-order valence-corrected chi connectivity index (χ3v) is 2.34. The lowest BCUT2D eigenvalue weighted by Crippen LogP contribution is -2.28. The summed E-state index contributed by atoms with van der Waals surface area (Å²) in [4.78, 5) is 11.0. The van der Waals surface area contributed by atoms with Gasteiger partial charge in [0.15, 0.2) is 0 Å². The van der Waals surface area contributed by atoms with Gasteiger partial charge in [0.05, 0.1) is 30.9 Å². The van der Waals surface area contributed by atoms with E-state index in [1.807, 2.05) is 6.07 Å². The van der Waals surface area contributed by atoms with Gasteiger partial charge in [-0.05, 0) is 24.6 Å². The predicted molar refractivity (Wildman–Crippen MR) is 65.6 cm³/mol. The van der Waals surface area contributed by atoms with Crippen molar-refractivity contribution in [1.82, 2.24) is 5.32 Å². The highest BCUT2D eigenvalue weighted by Gasteiger charge is 2.08. The monoisotopic (exact) mass is 248 g/mol. The maximum Gasteiger partial charge on any atom is 0.319 e. The topological polar surface area (TPSA) is 82.3 Å². The molecule has 0 aromatic heterocycles. The van der Waals surface area contributed by atoms with Gasteiger partial charge < -0.3 is 15.2 Å². The standard InChI is InChI=1S/C13H16N2O3/c1-2-18-13(17)9-15-8-12(16)11-5-3-10(7-14)4-6-11/h3-6,12,15-16H,2,8-9H2,1H3. The lowest BCUT2D eigenvalue weighted by molar-refractivity contribution is -0.142. The molecule has 1 aromatic carbocycles. The predicted octanol–water partition coefficient (Wildman–Crippen LogP) is 0.744. The van der Waals surface area contributed by atoms with Gasteiger partial charge in [0.2, 0.25) is 0 Å². The summed E-state index contributed by atoms with van der Waals surface area (Å²) in [6.45, 7) is 2.41. The van der Waals surface area contributed by atoms with E-state index in [0.717, 1.165) is 0 Å². The third-order valence-electron chi connectivity index (χ3n) is 2.34. The molecule has 0 saturated carbocycles. The van der Waals surface area contributed by atoms with Crippen molar-refractivity contribution in [1.29, 1.82) is 5.26 Å². The SMILES string of the molecule is CCOC(=O)CNCC(O)c1ccc(C#N)cc1. The number of carbonyl (C=O) groups is 1. The van der Waals surface area contributed by atoms with Crippen LogP contribution < -0.4 is 5.32 Å². The highest BCUT2D eigenvalue weighted by molar-refractivity contribution is 5.71. The molecule has 18 heavy (non-hydrogen) atoms. The number of esters is 1. The first-order valence-electron chi connectivity index (χ1n) is 5.71. The first-order valence-corrected chi connectivity index (χ1v) is 5.71. The van der Waals surface area contributed by atoms with E-state index in [0.29, 0.717) is 17.7 Å². The minimum atomic E-state index is -0.716. The molecule has 0 saturated heterocycles. The number of carbonyl (C=O) groups excluding carboxylic acids is 1. The molecule has 0 heterocycles. The molecule has 5 nitrogen and oxygen atoms in total. The van der Waals surface area contributed by atoms with Crippen molar-refractivity contribution in [2.24, 2.45) is 0 Å². The molecule has 1 unspecified atom stereocenters. The normalized spacial score (nSPS) is 11.6. The molecule has 1 aromatic rings. The van der Waals surface area contributed by atoms with E-state index in [-0.39, 0.29) is 19.1 Å². The fourth-order valence-corrected chi connectivity index (χ4v) is 1.42. The minimum Gasteiger partial charge on any atom is -0.465 e. The zero-order chi connectivity index (χ0) is 13.4. The van der Waals surface area contributed by atoms with Crippen molar-refractivity contribution in [3.63, 3.8) is 0 Å². The van der Waals surface area contributed by atoms with Crippen molar-refractivity contribution in [2.75, 3.05) is 19.7 Å². The van der Waals surface area contributed by atoms with E-state index in [1.165, 1.54) is 0 Å². The summed E-state index contributed by atoms with van der Waals surface area (Å²) >= 11 is 0. The molecule has 0 radical (unpaired) electrons. The largest absolute Gasteiger partial charge is 0.465 e. The number of aliphatic hydroxyl groups is 1. The second-order valence-corrected chi connectivity index (χ2v) is 3.69. The Morgan fingerprint density at radius 3 is 2.72 bits per heavy atom. The molecule has 0 aliphatic carbocycles. The van der Waals surface area contributed by atoms with E-state index in [9.17, 15) is 9.90 Å². The fraction of sp³-hybridized carbons (Fsp3) is 0.385. The second kappa shape index (κ2) is 7.43. The summed E-state index contributed by atoms with van der Waals surface area (Å²) in [6.07, 6.45) is -0.716. The van der Waals surface area contributed by atoms with Crippen LogP contribution >= 0.6 is 0 Å². The number of aliphatic hydroxyl groups excluding tert-OH is 1. The summed E-state index contributed by atoms with van der Waals surface area (Å²) in [5.74, 6) is -0.343. The van der Waals surface area contributed by atoms with Gasteiger partial charge in [-0.15, -0.1) is 0 Å². The van der Waals surface area contributed by atoms with Crippen LogP contribution in [0.15, 0.2) is 24.3 Å². The Balaban J connectivity index is 2.38. The van der Waals surface area contributed by atoms with Crippen LogP contribution in [0, 0.1) is 11.3 Å². The highest BCUT2D eigenvalue weighted by Crippen LogP contribution is 2.12. The molecule has 0 bridgehead atoms. The molecule has 1 rings (SSSR count). The molecule has 2 N–H and O–H groups in total. The van der Waals surface area contributed by atoms with Gasteiger partial charge in [0.25, 0.3) is 0 Å². The maximum atomic E-state index is 11.0. The average Bonchev–Trinajstić information content (AvgIpc) is 2.39. The number of nitriles is 1. The molecule has 0 spiro atoms. The number of hydrogen-bond donors (Lipinski definition) is 2. The van der Waals surface area contributed by atoms with E-state index < -0.39 is 6.10 Å².